The van der Waals surface area contributed by atoms with Gasteiger partial charge in [-0.3, -0.25) is 14.3 Å². The van der Waals surface area contributed by atoms with E-state index in [9.17, 15) is 22.4 Å². The first-order chi connectivity index (χ1) is 14.1. The van der Waals surface area contributed by atoms with Gasteiger partial charge < -0.3 is 9.80 Å². The Hall–Kier alpha value is -2.65. The summed E-state index contributed by atoms with van der Waals surface area (Å²) in [7, 11) is -2.55. The SMILES string of the molecule is CCN(CC)C(=O)CN(C)C(=O)c1ccc(Cl)c(NS(=O)(=O)c2ccc(F)cc2)c1. The van der Waals surface area contributed by atoms with Crippen molar-refractivity contribution >= 4 is 39.1 Å². The van der Waals surface area contributed by atoms with Crippen LogP contribution in [0.2, 0.25) is 5.02 Å². The number of hydrogen-bond acceptors (Lipinski definition) is 4. The minimum atomic E-state index is -4.04. The van der Waals surface area contributed by atoms with E-state index < -0.39 is 21.7 Å². The molecule has 0 radical (unpaired) electrons. The molecule has 0 spiro atoms. The van der Waals surface area contributed by atoms with Gasteiger partial charge in [-0.05, 0) is 56.3 Å². The lowest BCUT2D eigenvalue weighted by Gasteiger charge is -2.23. The zero-order valence-corrected chi connectivity index (χ0v) is 18.4. The van der Waals surface area contributed by atoms with E-state index >= 15 is 0 Å². The fraction of sp³-hybridized carbons (Fsp3) is 0.300. The Bertz CT molecular complexity index is 1020. The van der Waals surface area contributed by atoms with Crippen LogP contribution in [0.15, 0.2) is 47.4 Å². The molecular weight excluding hydrogens is 433 g/mol. The second kappa shape index (κ2) is 9.90. The molecule has 2 amide bonds. The Morgan fingerprint density at radius 1 is 1.07 bits per heavy atom. The summed E-state index contributed by atoms with van der Waals surface area (Å²) < 4.78 is 40.4. The molecule has 0 heterocycles. The largest absolute Gasteiger partial charge is 0.342 e. The minimum absolute atomic E-state index is 0.00434. The molecule has 2 rings (SSSR count). The third-order valence-corrected chi connectivity index (χ3v) is 6.13. The first-order valence-electron chi connectivity index (χ1n) is 9.20. The highest BCUT2D eigenvalue weighted by atomic mass is 35.5. The van der Waals surface area contributed by atoms with E-state index in [-0.39, 0.29) is 33.6 Å². The second-order valence-electron chi connectivity index (χ2n) is 6.48. The van der Waals surface area contributed by atoms with Crippen LogP contribution in [-0.4, -0.2) is 56.7 Å². The molecule has 30 heavy (non-hydrogen) atoms. The van der Waals surface area contributed by atoms with Gasteiger partial charge in [-0.1, -0.05) is 11.6 Å². The maximum Gasteiger partial charge on any atom is 0.261 e. The molecular formula is C20H23ClFN3O4S. The molecule has 0 saturated carbocycles. The van der Waals surface area contributed by atoms with Crippen LogP contribution in [-0.2, 0) is 14.8 Å². The third kappa shape index (κ3) is 5.70. The molecule has 10 heteroatoms. The van der Waals surface area contributed by atoms with Gasteiger partial charge in [0.2, 0.25) is 5.91 Å². The van der Waals surface area contributed by atoms with Crippen LogP contribution in [0.25, 0.3) is 0 Å². The van der Waals surface area contributed by atoms with Gasteiger partial charge in [0.1, 0.15) is 5.82 Å². The van der Waals surface area contributed by atoms with Gasteiger partial charge in [0.15, 0.2) is 0 Å². The molecule has 7 nitrogen and oxygen atoms in total. The molecule has 0 unspecified atom stereocenters. The summed E-state index contributed by atoms with van der Waals surface area (Å²) in [5.41, 5.74) is 0.154. The number of benzene rings is 2. The Morgan fingerprint density at radius 3 is 2.23 bits per heavy atom. The minimum Gasteiger partial charge on any atom is -0.342 e. The van der Waals surface area contributed by atoms with Gasteiger partial charge in [-0.15, -0.1) is 0 Å². The number of carbonyl (C=O) groups is 2. The Labute approximate surface area is 180 Å². The fourth-order valence-electron chi connectivity index (χ4n) is 2.73. The monoisotopic (exact) mass is 455 g/mol. The molecule has 0 bridgehead atoms. The number of halogens is 2. The molecule has 1 N–H and O–H groups in total. The number of nitrogens with zero attached hydrogens (tertiary/aromatic N) is 2. The van der Waals surface area contributed by atoms with Crippen LogP contribution < -0.4 is 4.72 Å². The molecule has 0 atom stereocenters. The topological polar surface area (TPSA) is 86.8 Å². The molecule has 0 saturated heterocycles. The number of anilines is 1. The average molecular weight is 456 g/mol. The first kappa shape index (κ1) is 23.6. The van der Waals surface area contributed by atoms with E-state index in [1.807, 2.05) is 13.8 Å². The van der Waals surface area contributed by atoms with Crippen LogP contribution >= 0.6 is 11.6 Å². The van der Waals surface area contributed by atoms with Gasteiger partial charge in [0.05, 0.1) is 22.2 Å². The maximum atomic E-state index is 13.1. The summed E-state index contributed by atoms with van der Waals surface area (Å²) in [5, 5.41) is 0.0825. The van der Waals surface area contributed by atoms with E-state index in [1.54, 1.807) is 4.90 Å². The molecule has 0 aliphatic carbocycles. The maximum absolute atomic E-state index is 13.1. The van der Waals surface area contributed by atoms with Crippen molar-refractivity contribution in [3.8, 4) is 0 Å². The molecule has 2 aromatic carbocycles. The summed E-state index contributed by atoms with van der Waals surface area (Å²) >= 11 is 6.09. The van der Waals surface area contributed by atoms with Crippen LogP contribution in [0.4, 0.5) is 10.1 Å². The fourth-order valence-corrected chi connectivity index (χ4v) is 4.02. The number of sulfonamides is 1. The van der Waals surface area contributed by atoms with Crippen molar-refractivity contribution in [1.82, 2.24) is 9.80 Å². The van der Waals surface area contributed by atoms with Gasteiger partial charge >= 0.3 is 0 Å². The number of nitrogens with one attached hydrogen (secondary N) is 1. The van der Waals surface area contributed by atoms with Crippen LogP contribution in [0.5, 0.6) is 0 Å². The van der Waals surface area contributed by atoms with Crippen LogP contribution in [0.1, 0.15) is 24.2 Å². The zero-order chi connectivity index (χ0) is 22.5. The molecule has 0 fully saturated rings. The summed E-state index contributed by atoms with van der Waals surface area (Å²) in [6.45, 7) is 4.66. The summed E-state index contributed by atoms with van der Waals surface area (Å²) in [6, 6.07) is 8.41. The van der Waals surface area contributed by atoms with E-state index in [2.05, 4.69) is 4.72 Å². The van der Waals surface area contributed by atoms with Crippen LogP contribution in [0.3, 0.4) is 0 Å². The van der Waals surface area contributed by atoms with E-state index in [0.717, 1.165) is 24.3 Å². The predicted octanol–water partition coefficient (Wildman–Crippen LogP) is 3.22. The highest BCUT2D eigenvalue weighted by molar-refractivity contribution is 7.92. The molecule has 162 valence electrons. The molecule has 0 aromatic heterocycles. The lowest BCUT2D eigenvalue weighted by Crippen LogP contribution is -2.41. The number of rotatable bonds is 8. The van der Waals surface area contributed by atoms with Crippen molar-refractivity contribution < 1.29 is 22.4 Å². The molecule has 2 aromatic rings. The van der Waals surface area contributed by atoms with Crippen molar-refractivity contribution in [2.45, 2.75) is 18.7 Å². The zero-order valence-electron chi connectivity index (χ0n) is 16.9. The highest BCUT2D eigenvalue weighted by Crippen LogP contribution is 2.26. The quantitative estimate of drug-likeness (QED) is 0.662. The lowest BCUT2D eigenvalue weighted by atomic mass is 10.2. The van der Waals surface area contributed by atoms with Gasteiger partial charge in [0.25, 0.3) is 15.9 Å². The Kier molecular flexibility index (Phi) is 7.80. The third-order valence-electron chi connectivity index (χ3n) is 4.42. The van der Waals surface area contributed by atoms with Crippen molar-refractivity contribution in [2.75, 3.05) is 31.4 Å². The Morgan fingerprint density at radius 2 is 1.67 bits per heavy atom. The van der Waals surface area contributed by atoms with Crippen molar-refractivity contribution in [3.63, 3.8) is 0 Å². The van der Waals surface area contributed by atoms with Crippen molar-refractivity contribution in [3.05, 3.63) is 58.9 Å². The lowest BCUT2D eigenvalue weighted by molar-refractivity contribution is -0.131. The van der Waals surface area contributed by atoms with Gasteiger partial charge in [-0.25, -0.2) is 12.8 Å². The standard InChI is InChI=1S/C20H23ClFN3O4S/c1-4-25(5-2)19(26)13-24(3)20(27)14-6-11-17(21)18(12-14)23-30(28,29)16-9-7-15(22)8-10-16/h6-12,23H,4-5,13H2,1-3H3. The van der Waals surface area contributed by atoms with Crippen molar-refractivity contribution in [1.29, 1.82) is 0 Å². The van der Waals surface area contributed by atoms with E-state index in [1.165, 1.54) is 30.1 Å². The van der Waals surface area contributed by atoms with E-state index in [0.29, 0.717) is 13.1 Å². The van der Waals surface area contributed by atoms with Crippen molar-refractivity contribution in [2.24, 2.45) is 0 Å². The number of carbonyl (C=O) groups excluding carboxylic acids is 2. The van der Waals surface area contributed by atoms with Gasteiger partial charge in [-0.2, -0.15) is 0 Å². The summed E-state index contributed by atoms with van der Waals surface area (Å²) in [4.78, 5) is 27.6. The second-order valence-corrected chi connectivity index (χ2v) is 8.57. The van der Waals surface area contributed by atoms with Crippen LogP contribution in [0, 0.1) is 5.82 Å². The first-order valence-corrected chi connectivity index (χ1v) is 11.1. The number of likely N-dealkylation sites (N-methyl/N-ethyl adjacent to an activating group) is 2. The summed E-state index contributed by atoms with van der Waals surface area (Å²) in [5.74, 6) is -1.22. The normalized spacial score (nSPS) is 11.1. The molecule has 0 aliphatic rings. The smallest absolute Gasteiger partial charge is 0.261 e. The van der Waals surface area contributed by atoms with E-state index in [4.69, 9.17) is 11.6 Å². The number of hydrogen-bond donors (Lipinski definition) is 1. The average Bonchev–Trinajstić information content (AvgIpc) is 2.70. The Balaban J connectivity index is 2.22. The molecule has 0 aliphatic heterocycles. The van der Waals surface area contributed by atoms with Gasteiger partial charge in [0, 0.05) is 25.7 Å². The predicted molar refractivity (Wildman–Crippen MR) is 114 cm³/mol. The number of amides is 2. The summed E-state index contributed by atoms with van der Waals surface area (Å²) in [6.07, 6.45) is 0. The highest BCUT2D eigenvalue weighted by Gasteiger charge is 2.21.